The largest absolute Gasteiger partial charge is 0.381 e. The maximum absolute atomic E-state index is 12.4. The fraction of sp³-hybridized carbons (Fsp3) is 0.455. The number of nitrogen functional groups attached to an aromatic ring is 1. The zero-order valence-corrected chi connectivity index (χ0v) is 12.9. The van der Waals surface area contributed by atoms with Gasteiger partial charge in [0.1, 0.15) is 9.90 Å². The quantitative estimate of drug-likeness (QED) is 0.838. The van der Waals surface area contributed by atoms with E-state index in [4.69, 9.17) is 5.73 Å². The number of sulfonamides is 1. The minimum absolute atomic E-state index is 0.00772. The van der Waals surface area contributed by atoms with Crippen molar-refractivity contribution < 1.29 is 8.42 Å². The molecule has 2 rings (SSSR count). The molecule has 3 N–H and O–H groups in total. The van der Waals surface area contributed by atoms with Gasteiger partial charge in [0, 0.05) is 24.3 Å². The Morgan fingerprint density at radius 1 is 1.50 bits per heavy atom. The zero-order chi connectivity index (χ0) is 14.8. The van der Waals surface area contributed by atoms with Crippen molar-refractivity contribution in [1.29, 1.82) is 0 Å². The fourth-order valence-corrected chi connectivity index (χ4v) is 3.96. The van der Waals surface area contributed by atoms with Crippen LogP contribution in [-0.4, -0.2) is 23.2 Å². The molecule has 0 fully saturated rings. The molecule has 7 nitrogen and oxygen atoms in total. The van der Waals surface area contributed by atoms with Crippen molar-refractivity contribution in [3.05, 3.63) is 22.8 Å². The summed E-state index contributed by atoms with van der Waals surface area (Å²) in [6.07, 6.45) is 3.70. The van der Waals surface area contributed by atoms with Gasteiger partial charge < -0.3 is 5.73 Å². The molecule has 2 heterocycles. The van der Waals surface area contributed by atoms with Crippen LogP contribution in [0.4, 0.5) is 5.82 Å². The molecule has 2 aromatic heterocycles. The Labute approximate surface area is 121 Å². The lowest BCUT2D eigenvalue weighted by Gasteiger charge is -2.14. The Morgan fingerprint density at radius 2 is 2.25 bits per heavy atom. The van der Waals surface area contributed by atoms with Crippen molar-refractivity contribution in [2.75, 3.05) is 5.73 Å². The van der Waals surface area contributed by atoms with Crippen molar-refractivity contribution in [2.24, 2.45) is 0 Å². The molecule has 0 aromatic carbocycles. The molecular formula is C11H17N5O2S2. The van der Waals surface area contributed by atoms with E-state index in [2.05, 4.69) is 14.8 Å². The first-order valence-corrected chi connectivity index (χ1v) is 8.58. The molecule has 110 valence electrons. The average Bonchev–Trinajstić information content (AvgIpc) is 3.05. The second kappa shape index (κ2) is 5.90. The van der Waals surface area contributed by atoms with Gasteiger partial charge in [-0.2, -0.15) is 5.10 Å². The van der Waals surface area contributed by atoms with Gasteiger partial charge in [-0.25, -0.2) is 18.1 Å². The highest BCUT2D eigenvalue weighted by Crippen LogP contribution is 2.23. The molecule has 0 saturated heterocycles. The van der Waals surface area contributed by atoms with E-state index in [1.54, 1.807) is 6.20 Å². The van der Waals surface area contributed by atoms with Gasteiger partial charge in [-0.05, 0) is 13.3 Å². The van der Waals surface area contributed by atoms with Crippen molar-refractivity contribution in [3.63, 3.8) is 0 Å². The predicted octanol–water partition coefficient (Wildman–Crippen LogP) is 1.37. The summed E-state index contributed by atoms with van der Waals surface area (Å²) in [6, 6.07) is -0.357. The number of rotatable bonds is 6. The van der Waals surface area contributed by atoms with Crippen LogP contribution in [0, 0.1) is 0 Å². The maximum Gasteiger partial charge on any atom is 0.246 e. The summed E-state index contributed by atoms with van der Waals surface area (Å²) in [7, 11) is -3.71. The molecule has 0 aliphatic heterocycles. The number of thiazole rings is 1. The molecule has 0 aliphatic carbocycles. The van der Waals surface area contributed by atoms with Gasteiger partial charge in [0.2, 0.25) is 10.0 Å². The first kappa shape index (κ1) is 14.9. The monoisotopic (exact) mass is 315 g/mol. The summed E-state index contributed by atoms with van der Waals surface area (Å²) in [5, 5.41) is 6.50. The zero-order valence-electron chi connectivity index (χ0n) is 11.3. The number of aromatic nitrogens is 3. The molecule has 0 saturated carbocycles. The van der Waals surface area contributed by atoms with Gasteiger partial charge in [-0.1, -0.05) is 6.92 Å². The maximum atomic E-state index is 12.4. The summed E-state index contributed by atoms with van der Waals surface area (Å²) < 4.78 is 28.9. The summed E-state index contributed by atoms with van der Waals surface area (Å²) in [5.41, 5.74) is 5.67. The van der Waals surface area contributed by atoms with E-state index in [1.807, 2.05) is 19.2 Å². The van der Waals surface area contributed by atoms with Gasteiger partial charge in [-0.3, -0.25) is 4.68 Å². The van der Waals surface area contributed by atoms with E-state index in [-0.39, 0.29) is 16.8 Å². The van der Waals surface area contributed by atoms with Crippen LogP contribution in [0.3, 0.4) is 0 Å². The van der Waals surface area contributed by atoms with E-state index >= 15 is 0 Å². The summed E-state index contributed by atoms with van der Waals surface area (Å²) in [6.45, 7) is 4.32. The van der Waals surface area contributed by atoms with E-state index in [0.29, 0.717) is 13.0 Å². The smallest absolute Gasteiger partial charge is 0.246 e. The van der Waals surface area contributed by atoms with Gasteiger partial charge >= 0.3 is 0 Å². The average molecular weight is 315 g/mol. The van der Waals surface area contributed by atoms with Crippen molar-refractivity contribution in [1.82, 2.24) is 19.5 Å². The SMILES string of the molecule is CCC(NS(=O)(=O)c1cn(CC)nc1N)c1nccs1. The summed E-state index contributed by atoms with van der Waals surface area (Å²) >= 11 is 1.42. The predicted molar refractivity (Wildman–Crippen MR) is 77.8 cm³/mol. The van der Waals surface area contributed by atoms with Crippen LogP contribution < -0.4 is 10.5 Å². The molecular weight excluding hydrogens is 298 g/mol. The Bertz CT molecular complexity index is 663. The molecule has 20 heavy (non-hydrogen) atoms. The van der Waals surface area contributed by atoms with Crippen LogP contribution in [0.5, 0.6) is 0 Å². The van der Waals surface area contributed by atoms with Gasteiger partial charge in [0.05, 0.1) is 6.04 Å². The van der Waals surface area contributed by atoms with Gasteiger partial charge in [-0.15, -0.1) is 11.3 Å². The molecule has 0 amide bonds. The number of hydrogen-bond donors (Lipinski definition) is 2. The Morgan fingerprint density at radius 3 is 2.75 bits per heavy atom. The van der Waals surface area contributed by atoms with Gasteiger partial charge in [0.15, 0.2) is 5.82 Å². The molecule has 0 radical (unpaired) electrons. The highest BCUT2D eigenvalue weighted by molar-refractivity contribution is 7.89. The lowest BCUT2D eigenvalue weighted by atomic mass is 10.3. The molecule has 0 spiro atoms. The number of aryl methyl sites for hydroxylation is 1. The van der Waals surface area contributed by atoms with Crippen molar-refractivity contribution >= 4 is 27.2 Å². The Hall–Kier alpha value is -1.45. The van der Waals surface area contributed by atoms with Crippen molar-refractivity contribution in [3.8, 4) is 0 Å². The summed E-state index contributed by atoms with van der Waals surface area (Å²) in [4.78, 5) is 4.16. The van der Waals surface area contributed by atoms with Gasteiger partial charge in [0.25, 0.3) is 0 Å². The third kappa shape index (κ3) is 3.00. The van der Waals surface area contributed by atoms with E-state index in [1.165, 1.54) is 22.2 Å². The Balaban J connectivity index is 2.28. The lowest BCUT2D eigenvalue weighted by molar-refractivity contribution is 0.549. The molecule has 0 aliphatic rings. The standard InChI is InChI=1S/C11H17N5O2S2/c1-3-8(11-13-5-6-19-11)15-20(17,18)9-7-16(4-2)14-10(9)12/h5-8,15H,3-4H2,1-2H3,(H2,12,14). The number of anilines is 1. The second-order valence-electron chi connectivity index (χ2n) is 4.19. The van der Waals surface area contributed by atoms with Crippen molar-refractivity contribution in [2.45, 2.75) is 37.8 Å². The van der Waals surface area contributed by atoms with Crippen LogP contribution in [-0.2, 0) is 16.6 Å². The molecule has 0 bridgehead atoms. The van der Waals surface area contributed by atoms with Crippen LogP contribution in [0.2, 0.25) is 0 Å². The van der Waals surface area contributed by atoms with E-state index < -0.39 is 10.0 Å². The number of nitrogens with zero attached hydrogens (tertiary/aromatic N) is 3. The highest BCUT2D eigenvalue weighted by atomic mass is 32.2. The topological polar surface area (TPSA) is 103 Å². The van der Waals surface area contributed by atoms with E-state index in [9.17, 15) is 8.42 Å². The fourth-order valence-electron chi connectivity index (χ4n) is 1.75. The van der Waals surface area contributed by atoms with Crippen LogP contribution in [0.15, 0.2) is 22.7 Å². The van der Waals surface area contributed by atoms with Crippen LogP contribution in [0.1, 0.15) is 31.3 Å². The first-order chi connectivity index (χ1) is 9.47. The number of nitrogens with two attached hydrogens (primary N) is 1. The minimum atomic E-state index is -3.71. The Kier molecular flexibility index (Phi) is 4.41. The lowest BCUT2D eigenvalue weighted by Crippen LogP contribution is -2.28. The highest BCUT2D eigenvalue weighted by Gasteiger charge is 2.25. The molecule has 9 heteroatoms. The minimum Gasteiger partial charge on any atom is -0.381 e. The molecule has 1 atom stereocenters. The summed E-state index contributed by atoms with van der Waals surface area (Å²) in [5.74, 6) is 0.00772. The molecule has 2 aromatic rings. The third-order valence-corrected chi connectivity index (χ3v) is 5.20. The van der Waals surface area contributed by atoms with Crippen LogP contribution >= 0.6 is 11.3 Å². The van der Waals surface area contributed by atoms with E-state index in [0.717, 1.165) is 5.01 Å². The second-order valence-corrected chi connectivity index (χ2v) is 6.80. The first-order valence-electron chi connectivity index (χ1n) is 6.22. The molecule has 1 unspecified atom stereocenters. The number of nitrogens with one attached hydrogen (secondary N) is 1. The normalized spacial score (nSPS) is 13.5. The van der Waals surface area contributed by atoms with Crippen LogP contribution in [0.25, 0.3) is 0 Å². The number of hydrogen-bond acceptors (Lipinski definition) is 6. The third-order valence-electron chi connectivity index (χ3n) is 2.82.